The van der Waals surface area contributed by atoms with Crippen LogP contribution in [-0.2, 0) is 4.74 Å². The molecule has 29 heavy (non-hydrogen) atoms. The first kappa shape index (κ1) is 18.5. The number of ether oxygens (including phenoxy) is 1. The van der Waals surface area contributed by atoms with E-state index >= 15 is 0 Å². The third kappa shape index (κ3) is 3.99. The number of nitrogens with zero attached hydrogens (tertiary/aromatic N) is 7. The fourth-order valence-electron chi connectivity index (χ4n) is 4.28. The van der Waals surface area contributed by atoms with Crippen molar-refractivity contribution < 1.29 is 4.74 Å². The molecule has 154 valence electrons. The molecule has 0 unspecified atom stereocenters. The van der Waals surface area contributed by atoms with Gasteiger partial charge in [-0.05, 0) is 19.8 Å². The van der Waals surface area contributed by atoms with Crippen molar-refractivity contribution in [1.29, 1.82) is 0 Å². The second-order valence-corrected chi connectivity index (χ2v) is 8.13. The van der Waals surface area contributed by atoms with Crippen LogP contribution in [0, 0.1) is 6.92 Å². The minimum Gasteiger partial charge on any atom is -0.378 e. The smallest absolute Gasteiger partial charge is 0.134 e. The summed E-state index contributed by atoms with van der Waals surface area (Å²) < 4.78 is 5.47. The van der Waals surface area contributed by atoms with Crippen molar-refractivity contribution in [2.75, 3.05) is 67.2 Å². The molecule has 5 rings (SSSR count). The van der Waals surface area contributed by atoms with Crippen LogP contribution in [0.25, 0.3) is 0 Å². The second kappa shape index (κ2) is 8.10. The molecule has 2 saturated heterocycles. The molecule has 0 amide bonds. The van der Waals surface area contributed by atoms with Gasteiger partial charge in [-0.25, -0.2) is 19.9 Å². The van der Waals surface area contributed by atoms with Gasteiger partial charge in [0, 0.05) is 63.0 Å². The summed E-state index contributed by atoms with van der Waals surface area (Å²) in [6.07, 6.45) is 5.59. The molecule has 3 aliphatic rings. The van der Waals surface area contributed by atoms with E-state index in [4.69, 9.17) is 9.72 Å². The second-order valence-electron chi connectivity index (χ2n) is 8.13. The van der Waals surface area contributed by atoms with Crippen molar-refractivity contribution >= 4 is 17.5 Å². The van der Waals surface area contributed by atoms with Gasteiger partial charge in [0.2, 0.25) is 0 Å². The van der Waals surface area contributed by atoms with Crippen LogP contribution in [0.1, 0.15) is 36.7 Å². The average molecular weight is 396 g/mol. The Labute approximate surface area is 171 Å². The lowest BCUT2D eigenvalue weighted by Gasteiger charge is -2.37. The van der Waals surface area contributed by atoms with Crippen LogP contribution in [0.4, 0.5) is 17.5 Å². The minimum atomic E-state index is 0.639. The summed E-state index contributed by atoms with van der Waals surface area (Å²) in [6, 6.07) is 4.33. The van der Waals surface area contributed by atoms with Crippen LogP contribution in [-0.4, -0.2) is 72.4 Å². The Morgan fingerprint density at radius 2 is 1.41 bits per heavy atom. The largest absolute Gasteiger partial charge is 0.378 e. The number of morpholine rings is 1. The number of hydrogen-bond acceptors (Lipinski definition) is 8. The molecule has 0 atom stereocenters. The van der Waals surface area contributed by atoms with Gasteiger partial charge in [0.1, 0.15) is 29.6 Å². The highest BCUT2D eigenvalue weighted by atomic mass is 16.5. The Morgan fingerprint density at radius 3 is 2.03 bits per heavy atom. The summed E-state index contributed by atoms with van der Waals surface area (Å²) in [7, 11) is 0. The third-order valence-electron chi connectivity index (χ3n) is 6.27. The lowest BCUT2D eigenvalue weighted by atomic mass is 9.83. The van der Waals surface area contributed by atoms with Crippen LogP contribution in [0.15, 0.2) is 18.5 Å². The monoisotopic (exact) mass is 395 g/mol. The van der Waals surface area contributed by atoms with Crippen molar-refractivity contribution in [1.82, 2.24) is 19.9 Å². The zero-order valence-electron chi connectivity index (χ0n) is 17.1. The fraction of sp³-hybridized carbons (Fsp3) is 0.619. The summed E-state index contributed by atoms with van der Waals surface area (Å²) in [5.41, 5.74) is 1.21. The number of anilines is 3. The molecule has 2 aliphatic heterocycles. The normalized spacial score (nSPS) is 20.7. The van der Waals surface area contributed by atoms with Crippen molar-refractivity contribution in [3.8, 4) is 0 Å². The van der Waals surface area contributed by atoms with Crippen LogP contribution in [0.5, 0.6) is 0 Å². The van der Waals surface area contributed by atoms with Crippen molar-refractivity contribution in [3.63, 3.8) is 0 Å². The van der Waals surface area contributed by atoms with E-state index in [1.54, 1.807) is 6.33 Å². The zero-order valence-corrected chi connectivity index (χ0v) is 17.1. The van der Waals surface area contributed by atoms with Gasteiger partial charge < -0.3 is 19.4 Å². The van der Waals surface area contributed by atoms with Crippen molar-refractivity contribution in [2.45, 2.75) is 32.1 Å². The van der Waals surface area contributed by atoms with Crippen LogP contribution in [0.2, 0.25) is 0 Å². The molecular formula is C21H29N7O. The maximum absolute atomic E-state index is 5.47. The molecule has 1 saturated carbocycles. The summed E-state index contributed by atoms with van der Waals surface area (Å²) in [5.74, 6) is 4.57. The maximum atomic E-state index is 5.47. The predicted molar refractivity (Wildman–Crippen MR) is 113 cm³/mol. The van der Waals surface area contributed by atoms with E-state index < -0.39 is 0 Å². The molecule has 2 aromatic heterocycles. The maximum Gasteiger partial charge on any atom is 0.134 e. The van der Waals surface area contributed by atoms with E-state index in [-0.39, 0.29) is 0 Å². The van der Waals surface area contributed by atoms with Crippen LogP contribution < -0.4 is 14.7 Å². The first-order chi connectivity index (χ1) is 14.3. The Hall–Kier alpha value is -2.48. The number of aryl methyl sites for hydroxylation is 1. The van der Waals surface area contributed by atoms with Gasteiger partial charge in [0.15, 0.2) is 0 Å². The fourth-order valence-corrected chi connectivity index (χ4v) is 4.28. The van der Waals surface area contributed by atoms with Crippen molar-refractivity contribution in [2.24, 2.45) is 0 Å². The topological polar surface area (TPSA) is 70.5 Å². The third-order valence-corrected chi connectivity index (χ3v) is 6.27. The average Bonchev–Trinajstić information content (AvgIpc) is 2.73. The highest BCUT2D eigenvalue weighted by Gasteiger charge is 2.24. The lowest BCUT2D eigenvalue weighted by molar-refractivity contribution is 0.122. The first-order valence-corrected chi connectivity index (χ1v) is 10.8. The predicted octanol–water partition coefficient (Wildman–Crippen LogP) is 2.01. The first-order valence-electron chi connectivity index (χ1n) is 10.8. The minimum absolute atomic E-state index is 0.639. The molecule has 3 fully saturated rings. The highest BCUT2D eigenvalue weighted by molar-refractivity contribution is 5.53. The quantitative estimate of drug-likeness (QED) is 0.779. The molecule has 8 nitrogen and oxygen atoms in total. The van der Waals surface area contributed by atoms with Gasteiger partial charge >= 0.3 is 0 Å². The standard InChI is InChI=1S/C21H29N7O/c1-16-24-20(14-21(25-16)28-9-11-29-12-10-28)27-7-5-26(6-8-27)19-13-18(22-15-23-19)17-3-2-4-17/h13-15,17H,2-12H2,1H3. The Morgan fingerprint density at radius 1 is 0.793 bits per heavy atom. The Kier molecular flexibility index (Phi) is 5.18. The molecule has 0 aromatic carbocycles. The lowest BCUT2D eigenvalue weighted by Crippen LogP contribution is -2.47. The molecule has 8 heteroatoms. The molecule has 1 aliphatic carbocycles. The molecule has 0 N–H and O–H groups in total. The summed E-state index contributed by atoms with van der Waals surface area (Å²) in [6.45, 7) is 9.03. The van der Waals surface area contributed by atoms with Gasteiger partial charge in [-0.3, -0.25) is 0 Å². The number of hydrogen-bond donors (Lipinski definition) is 0. The summed E-state index contributed by atoms with van der Waals surface area (Å²) in [5, 5.41) is 0. The van der Waals surface area contributed by atoms with E-state index in [0.29, 0.717) is 5.92 Å². The van der Waals surface area contributed by atoms with E-state index in [1.807, 2.05) is 6.92 Å². The zero-order chi connectivity index (χ0) is 19.6. The summed E-state index contributed by atoms with van der Waals surface area (Å²) >= 11 is 0. The number of rotatable bonds is 4. The molecule has 0 bridgehead atoms. The van der Waals surface area contributed by atoms with Crippen LogP contribution in [0.3, 0.4) is 0 Å². The molecular weight excluding hydrogens is 366 g/mol. The molecule has 0 radical (unpaired) electrons. The van der Waals surface area contributed by atoms with Crippen LogP contribution >= 0.6 is 0 Å². The number of aromatic nitrogens is 4. The Bertz CT molecular complexity index is 843. The van der Waals surface area contributed by atoms with Gasteiger partial charge in [-0.2, -0.15) is 0 Å². The summed E-state index contributed by atoms with van der Waals surface area (Å²) in [4.78, 5) is 25.5. The number of piperazine rings is 1. The van der Waals surface area contributed by atoms with Gasteiger partial charge in [0.25, 0.3) is 0 Å². The SMILES string of the molecule is Cc1nc(N2CCOCC2)cc(N2CCN(c3cc(C4CCC4)ncn3)CC2)n1. The molecule has 2 aromatic rings. The van der Waals surface area contributed by atoms with E-state index in [9.17, 15) is 0 Å². The highest BCUT2D eigenvalue weighted by Crippen LogP contribution is 2.36. The Balaban J connectivity index is 1.26. The van der Waals surface area contributed by atoms with E-state index in [0.717, 1.165) is 75.8 Å². The van der Waals surface area contributed by atoms with E-state index in [1.165, 1.54) is 25.0 Å². The molecule has 4 heterocycles. The van der Waals surface area contributed by atoms with Gasteiger partial charge in [0.05, 0.1) is 13.2 Å². The van der Waals surface area contributed by atoms with E-state index in [2.05, 4.69) is 41.8 Å². The molecule has 0 spiro atoms. The van der Waals surface area contributed by atoms with Gasteiger partial charge in [-0.1, -0.05) is 6.42 Å². The van der Waals surface area contributed by atoms with Crippen molar-refractivity contribution in [3.05, 3.63) is 30.0 Å². The van der Waals surface area contributed by atoms with Gasteiger partial charge in [-0.15, -0.1) is 0 Å².